The van der Waals surface area contributed by atoms with Gasteiger partial charge in [-0.05, 0) is 47.1 Å². The van der Waals surface area contributed by atoms with E-state index in [1.54, 1.807) is 30.3 Å². The van der Waals surface area contributed by atoms with Gasteiger partial charge in [0.2, 0.25) is 0 Å². The highest BCUT2D eigenvalue weighted by Gasteiger charge is 2.26. The van der Waals surface area contributed by atoms with Gasteiger partial charge in [0, 0.05) is 5.69 Å². The highest BCUT2D eigenvalue weighted by Crippen LogP contribution is 2.39. The Bertz CT molecular complexity index is 1090. The van der Waals surface area contributed by atoms with Crippen molar-refractivity contribution >= 4 is 23.8 Å². The summed E-state index contributed by atoms with van der Waals surface area (Å²) in [6, 6.07) is 12.6. The van der Waals surface area contributed by atoms with Gasteiger partial charge in [-0.1, -0.05) is 44.2 Å². The van der Waals surface area contributed by atoms with Crippen LogP contribution in [0, 0.1) is 39.4 Å². The normalized spacial score (nSPS) is 15.5. The number of primary amides is 1. The van der Waals surface area contributed by atoms with Crippen LogP contribution in [0.2, 0.25) is 0 Å². The van der Waals surface area contributed by atoms with Crippen LogP contribution in [-0.4, -0.2) is 18.1 Å². The molecular weight excluding hydrogens is 406 g/mol. The number of hydrogen-bond acceptors (Lipinski definition) is 6. The Hall–Kier alpha value is -4.35. The second kappa shape index (κ2) is 10.6. The summed E-state index contributed by atoms with van der Waals surface area (Å²) < 4.78 is 4.66. The number of nitrogens with zero attached hydrogens (tertiary/aromatic N) is 3. The van der Waals surface area contributed by atoms with Crippen molar-refractivity contribution in [3.8, 4) is 18.2 Å². The molecule has 0 radical (unpaired) electrons. The molecule has 0 saturated heterocycles. The Morgan fingerprint density at radius 2 is 1.81 bits per heavy atom. The standard InChI is InChI=1S/C24H23N5O3/c1-24(2)12-17(11-18(13-24)19(14-26)15-27)4-3-16-5-7-20(8-6-16)29-22(30)21(9-10-25)32-23(28)31/h3-8,11,21H,9,12-13H2,1-2H3,(H2,28,31)(H,29,30)/b4-3+/t21-/m0/s1. The summed E-state index contributed by atoms with van der Waals surface area (Å²) in [6.07, 6.45) is 4.51. The molecule has 0 spiro atoms. The largest absolute Gasteiger partial charge is 0.435 e. The molecular formula is C24H23N5O3. The number of carbonyl (C=O) groups is 2. The van der Waals surface area contributed by atoms with Crippen molar-refractivity contribution < 1.29 is 14.3 Å². The first-order valence-corrected chi connectivity index (χ1v) is 9.83. The average molecular weight is 429 g/mol. The molecule has 0 unspecified atom stereocenters. The Morgan fingerprint density at radius 3 is 2.38 bits per heavy atom. The third-order valence-electron chi connectivity index (χ3n) is 4.75. The van der Waals surface area contributed by atoms with Gasteiger partial charge in [-0.3, -0.25) is 4.79 Å². The quantitative estimate of drug-likeness (QED) is 0.649. The third-order valence-corrected chi connectivity index (χ3v) is 4.75. The lowest BCUT2D eigenvalue weighted by atomic mass is 9.74. The zero-order valence-electron chi connectivity index (χ0n) is 17.9. The van der Waals surface area contributed by atoms with Crippen LogP contribution in [0.25, 0.3) is 6.08 Å². The smallest absolute Gasteiger partial charge is 0.405 e. The van der Waals surface area contributed by atoms with Crippen LogP contribution in [0.15, 0.2) is 53.1 Å². The highest BCUT2D eigenvalue weighted by molar-refractivity contribution is 5.95. The van der Waals surface area contributed by atoms with E-state index < -0.39 is 18.1 Å². The van der Waals surface area contributed by atoms with Gasteiger partial charge in [-0.2, -0.15) is 15.8 Å². The van der Waals surface area contributed by atoms with Crippen LogP contribution in [-0.2, 0) is 9.53 Å². The molecule has 162 valence electrons. The SMILES string of the molecule is CC1(C)CC(/C=C/c2ccc(NC(=O)[C@H](CC#N)OC(N)=O)cc2)=CC(=C(C#N)C#N)C1. The van der Waals surface area contributed by atoms with Gasteiger partial charge in [-0.15, -0.1) is 0 Å². The van der Waals surface area contributed by atoms with Gasteiger partial charge in [0.25, 0.3) is 5.91 Å². The minimum Gasteiger partial charge on any atom is -0.435 e. The lowest BCUT2D eigenvalue weighted by Gasteiger charge is -2.30. The number of nitrogens with two attached hydrogens (primary N) is 1. The molecule has 8 heteroatoms. The summed E-state index contributed by atoms with van der Waals surface area (Å²) in [5.41, 5.74) is 8.11. The van der Waals surface area contributed by atoms with Crippen molar-refractivity contribution in [1.82, 2.24) is 0 Å². The predicted molar refractivity (Wildman–Crippen MR) is 118 cm³/mol. The van der Waals surface area contributed by atoms with E-state index in [-0.39, 0.29) is 17.4 Å². The van der Waals surface area contributed by atoms with Crippen molar-refractivity contribution in [3.05, 3.63) is 58.7 Å². The topological polar surface area (TPSA) is 153 Å². The van der Waals surface area contributed by atoms with Crippen molar-refractivity contribution in [2.24, 2.45) is 11.1 Å². The molecule has 1 aliphatic carbocycles. The van der Waals surface area contributed by atoms with Gasteiger partial charge < -0.3 is 15.8 Å². The van der Waals surface area contributed by atoms with E-state index in [4.69, 9.17) is 11.0 Å². The number of rotatable bonds is 6. The predicted octanol–water partition coefficient (Wildman–Crippen LogP) is 4.11. The molecule has 8 nitrogen and oxygen atoms in total. The number of hydrogen-bond donors (Lipinski definition) is 2. The summed E-state index contributed by atoms with van der Waals surface area (Å²) in [5.74, 6) is -0.645. The maximum Gasteiger partial charge on any atom is 0.405 e. The molecule has 2 rings (SSSR count). The van der Waals surface area contributed by atoms with E-state index in [2.05, 4.69) is 23.9 Å². The van der Waals surface area contributed by atoms with Gasteiger partial charge >= 0.3 is 6.09 Å². The maximum absolute atomic E-state index is 12.2. The molecule has 0 saturated carbocycles. The molecule has 1 aromatic carbocycles. The van der Waals surface area contributed by atoms with Crippen molar-refractivity contribution in [3.63, 3.8) is 0 Å². The second-order valence-electron chi connectivity index (χ2n) is 8.09. The number of benzene rings is 1. The van der Waals surface area contributed by atoms with Gasteiger partial charge in [0.15, 0.2) is 6.10 Å². The first-order valence-electron chi connectivity index (χ1n) is 9.83. The fraction of sp³-hybridized carbons (Fsp3) is 0.292. The molecule has 0 aliphatic heterocycles. The zero-order chi connectivity index (χ0) is 23.7. The van der Waals surface area contributed by atoms with Gasteiger partial charge in [0.05, 0.1) is 12.5 Å². The van der Waals surface area contributed by atoms with Crippen LogP contribution in [0.1, 0.15) is 38.7 Å². The van der Waals surface area contributed by atoms with Gasteiger partial charge in [-0.25, -0.2) is 4.79 Å². The van der Waals surface area contributed by atoms with E-state index in [0.29, 0.717) is 12.1 Å². The fourth-order valence-corrected chi connectivity index (χ4v) is 3.41. The highest BCUT2D eigenvalue weighted by atomic mass is 16.6. The molecule has 1 aliphatic rings. The van der Waals surface area contributed by atoms with Crippen molar-refractivity contribution in [2.45, 2.75) is 39.2 Å². The first kappa shape index (κ1) is 23.9. The maximum atomic E-state index is 12.2. The lowest BCUT2D eigenvalue weighted by molar-refractivity contribution is -0.123. The Balaban J connectivity index is 2.13. The van der Waals surface area contributed by atoms with Crippen LogP contribution in [0.5, 0.6) is 0 Å². The monoisotopic (exact) mass is 429 g/mol. The lowest BCUT2D eigenvalue weighted by Crippen LogP contribution is -2.34. The molecule has 3 N–H and O–H groups in total. The summed E-state index contributed by atoms with van der Waals surface area (Å²) in [5, 5.41) is 29.7. The zero-order valence-corrected chi connectivity index (χ0v) is 17.9. The van der Waals surface area contributed by atoms with Crippen LogP contribution < -0.4 is 11.1 Å². The molecule has 0 fully saturated rings. The van der Waals surface area contributed by atoms with E-state index in [1.807, 2.05) is 30.4 Å². The minimum absolute atomic E-state index is 0.0657. The number of nitriles is 3. The van der Waals surface area contributed by atoms with E-state index in [0.717, 1.165) is 23.1 Å². The molecule has 1 aromatic rings. The summed E-state index contributed by atoms with van der Waals surface area (Å²) >= 11 is 0. The fourth-order valence-electron chi connectivity index (χ4n) is 3.41. The van der Waals surface area contributed by atoms with E-state index >= 15 is 0 Å². The molecule has 1 atom stereocenters. The minimum atomic E-state index is -1.28. The van der Waals surface area contributed by atoms with Crippen LogP contribution >= 0.6 is 0 Å². The third kappa shape index (κ3) is 6.86. The van der Waals surface area contributed by atoms with E-state index in [1.165, 1.54) is 0 Å². The van der Waals surface area contributed by atoms with E-state index in [9.17, 15) is 20.1 Å². The van der Waals surface area contributed by atoms with Crippen LogP contribution in [0.3, 0.4) is 0 Å². The summed E-state index contributed by atoms with van der Waals surface area (Å²) in [4.78, 5) is 23.1. The number of nitrogens with one attached hydrogen (secondary N) is 1. The summed E-state index contributed by atoms with van der Waals surface area (Å²) in [6.45, 7) is 4.19. The molecule has 32 heavy (non-hydrogen) atoms. The summed E-state index contributed by atoms with van der Waals surface area (Å²) in [7, 11) is 0. The molecule has 0 heterocycles. The first-order chi connectivity index (χ1) is 15.2. The van der Waals surface area contributed by atoms with Crippen molar-refractivity contribution in [2.75, 3.05) is 5.32 Å². The number of anilines is 1. The van der Waals surface area contributed by atoms with Crippen LogP contribution in [0.4, 0.5) is 10.5 Å². The number of amides is 2. The number of carbonyl (C=O) groups excluding carboxylic acids is 2. The molecule has 0 aromatic heterocycles. The Morgan fingerprint density at radius 1 is 1.16 bits per heavy atom. The van der Waals surface area contributed by atoms with Gasteiger partial charge in [0.1, 0.15) is 17.7 Å². The molecule has 2 amide bonds. The second-order valence-corrected chi connectivity index (χ2v) is 8.09. The molecule has 0 bridgehead atoms. The average Bonchev–Trinajstić information content (AvgIpc) is 2.72. The Kier molecular flexibility index (Phi) is 7.93. The number of ether oxygens (including phenoxy) is 1. The number of allylic oxidation sites excluding steroid dienone is 5. The van der Waals surface area contributed by atoms with Crippen molar-refractivity contribution in [1.29, 1.82) is 15.8 Å². The Labute approximate surface area is 186 Å².